The van der Waals surface area contributed by atoms with Crippen molar-refractivity contribution in [2.45, 2.75) is 46.3 Å². The Morgan fingerprint density at radius 1 is 1.25 bits per heavy atom. The Kier molecular flexibility index (Phi) is 6.79. The van der Waals surface area contributed by atoms with Crippen LogP contribution >= 0.6 is 0 Å². The van der Waals surface area contributed by atoms with Gasteiger partial charge >= 0.3 is 5.97 Å². The van der Waals surface area contributed by atoms with Gasteiger partial charge in [-0.05, 0) is 51.3 Å². The van der Waals surface area contributed by atoms with Crippen molar-refractivity contribution in [1.29, 1.82) is 0 Å². The van der Waals surface area contributed by atoms with Gasteiger partial charge in [0.1, 0.15) is 0 Å². The number of likely N-dealkylation sites (tertiary alicyclic amines) is 1. The summed E-state index contributed by atoms with van der Waals surface area (Å²) in [4.78, 5) is 26.3. The summed E-state index contributed by atoms with van der Waals surface area (Å²) < 4.78 is 10.6. The monoisotopic (exact) mass is 333 g/mol. The molecule has 0 N–H and O–H groups in total. The summed E-state index contributed by atoms with van der Waals surface area (Å²) in [6.45, 7) is 7.84. The maximum atomic E-state index is 12.6. The van der Waals surface area contributed by atoms with Crippen molar-refractivity contribution in [2.75, 3.05) is 19.7 Å². The number of nitrogens with zero attached hydrogens (tertiary/aromatic N) is 1. The normalized spacial score (nSPS) is 17.8. The molecule has 0 bridgehead atoms. The van der Waals surface area contributed by atoms with Crippen LogP contribution in [0.25, 0.3) is 0 Å². The van der Waals surface area contributed by atoms with E-state index in [1.807, 2.05) is 38.1 Å². The lowest BCUT2D eigenvalue weighted by Gasteiger charge is -2.31. The van der Waals surface area contributed by atoms with Gasteiger partial charge < -0.3 is 14.4 Å². The van der Waals surface area contributed by atoms with Gasteiger partial charge in [-0.15, -0.1) is 0 Å². The van der Waals surface area contributed by atoms with Crippen LogP contribution in [-0.2, 0) is 20.9 Å². The molecule has 1 aromatic rings. The molecule has 0 aliphatic carbocycles. The molecular formula is C19H27NO4. The summed E-state index contributed by atoms with van der Waals surface area (Å²) in [6, 6.07) is 7.50. The summed E-state index contributed by atoms with van der Waals surface area (Å²) in [6.07, 6.45) is 1.79. The minimum atomic E-state index is -0.207. The zero-order valence-corrected chi connectivity index (χ0v) is 14.8. The number of rotatable bonds is 6. The lowest BCUT2D eigenvalue weighted by molar-refractivity contribution is -0.149. The molecule has 0 spiro atoms. The molecule has 2 rings (SSSR count). The fraction of sp³-hybridized carbons (Fsp3) is 0.579. The highest BCUT2D eigenvalue weighted by molar-refractivity contribution is 5.94. The Morgan fingerprint density at radius 2 is 1.96 bits per heavy atom. The van der Waals surface area contributed by atoms with E-state index in [-0.39, 0.29) is 23.9 Å². The van der Waals surface area contributed by atoms with Crippen LogP contribution in [-0.4, -0.2) is 42.6 Å². The summed E-state index contributed by atoms with van der Waals surface area (Å²) in [7, 11) is 0. The molecule has 0 saturated carbocycles. The first-order valence-corrected chi connectivity index (χ1v) is 8.67. The van der Waals surface area contributed by atoms with Crippen LogP contribution in [0.5, 0.6) is 0 Å². The van der Waals surface area contributed by atoms with Crippen molar-refractivity contribution in [3.8, 4) is 0 Å². The van der Waals surface area contributed by atoms with Crippen LogP contribution in [0.3, 0.4) is 0 Å². The molecule has 1 atom stereocenters. The van der Waals surface area contributed by atoms with Crippen LogP contribution in [0.4, 0.5) is 0 Å². The van der Waals surface area contributed by atoms with Crippen molar-refractivity contribution >= 4 is 11.9 Å². The van der Waals surface area contributed by atoms with E-state index >= 15 is 0 Å². The first-order valence-electron chi connectivity index (χ1n) is 8.67. The van der Waals surface area contributed by atoms with E-state index < -0.39 is 0 Å². The highest BCUT2D eigenvalue weighted by atomic mass is 16.5. The van der Waals surface area contributed by atoms with E-state index in [1.165, 1.54) is 0 Å². The number of carbonyl (C=O) groups excluding carboxylic acids is 2. The molecule has 1 aliphatic heterocycles. The summed E-state index contributed by atoms with van der Waals surface area (Å²) in [5.74, 6) is -0.433. The zero-order valence-electron chi connectivity index (χ0n) is 14.8. The molecule has 1 fully saturated rings. The Labute approximate surface area is 143 Å². The predicted molar refractivity (Wildman–Crippen MR) is 91.6 cm³/mol. The van der Waals surface area contributed by atoms with E-state index in [9.17, 15) is 9.59 Å². The van der Waals surface area contributed by atoms with E-state index in [0.717, 1.165) is 18.4 Å². The third kappa shape index (κ3) is 5.06. The van der Waals surface area contributed by atoms with Crippen LogP contribution in [0.2, 0.25) is 0 Å². The third-order valence-electron chi connectivity index (χ3n) is 4.11. The average Bonchev–Trinajstić information content (AvgIpc) is 2.60. The summed E-state index contributed by atoms with van der Waals surface area (Å²) in [5.41, 5.74) is 1.69. The molecule has 24 heavy (non-hydrogen) atoms. The first kappa shape index (κ1) is 18.5. The van der Waals surface area contributed by atoms with Crippen molar-refractivity contribution in [3.63, 3.8) is 0 Å². The van der Waals surface area contributed by atoms with E-state index in [0.29, 0.717) is 31.9 Å². The highest BCUT2D eigenvalue weighted by Crippen LogP contribution is 2.20. The van der Waals surface area contributed by atoms with Gasteiger partial charge in [-0.25, -0.2) is 0 Å². The van der Waals surface area contributed by atoms with E-state index in [1.54, 1.807) is 11.8 Å². The Morgan fingerprint density at radius 3 is 2.58 bits per heavy atom. The largest absolute Gasteiger partial charge is 0.466 e. The molecular weight excluding hydrogens is 306 g/mol. The molecule has 1 aliphatic rings. The lowest BCUT2D eigenvalue weighted by Crippen LogP contribution is -2.42. The van der Waals surface area contributed by atoms with Gasteiger partial charge in [0.05, 0.1) is 25.2 Å². The Hall–Kier alpha value is -1.88. The number of hydrogen-bond donors (Lipinski definition) is 0. The molecule has 1 aromatic carbocycles. The molecule has 0 aromatic heterocycles. The molecule has 1 heterocycles. The quantitative estimate of drug-likeness (QED) is 0.751. The number of ether oxygens (including phenoxy) is 2. The van der Waals surface area contributed by atoms with Gasteiger partial charge in [-0.1, -0.05) is 12.1 Å². The van der Waals surface area contributed by atoms with E-state index in [2.05, 4.69) is 0 Å². The summed E-state index contributed by atoms with van der Waals surface area (Å²) >= 11 is 0. The van der Waals surface area contributed by atoms with Crippen molar-refractivity contribution < 1.29 is 19.1 Å². The van der Waals surface area contributed by atoms with Gasteiger partial charge in [-0.2, -0.15) is 0 Å². The van der Waals surface area contributed by atoms with Crippen LogP contribution in [0.1, 0.15) is 49.5 Å². The SMILES string of the molecule is CCOC(=O)[C@H]1CCCN(C(=O)c2ccc(COC(C)C)cc2)C1. The van der Waals surface area contributed by atoms with E-state index in [4.69, 9.17) is 9.47 Å². The molecule has 1 saturated heterocycles. The maximum Gasteiger partial charge on any atom is 0.310 e. The smallest absolute Gasteiger partial charge is 0.310 e. The van der Waals surface area contributed by atoms with Gasteiger partial charge in [0.25, 0.3) is 5.91 Å². The minimum absolute atomic E-state index is 0.0275. The fourth-order valence-corrected chi connectivity index (χ4v) is 2.80. The van der Waals surface area contributed by atoms with Crippen molar-refractivity contribution in [2.24, 2.45) is 5.92 Å². The van der Waals surface area contributed by atoms with Gasteiger partial charge in [0.15, 0.2) is 0 Å². The molecule has 132 valence electrons. The number of benzene rings is 1. The zero-order chi connectivity index (χ0) is 17.5. The van der Waals surface area contributed by atoms with Crippen LogP contribution in [0, 0.1) is 5.92 Å². The minimum Gasteiger partial charge on any atom is -0.466 e. The average molecular weight is 333 g/mol. The van der Waals surface area contributed by atoms with Gasteiger partial charge in [-0.3, -0.25) is 9.59 Å². The second-order valence-electron chi connectivity index (χ2n) is 6.40. The number of amides is 1. The standard InChI is InChI=1S/C19H27NO4/c1-4-23-19(22)17-6-5-11-20(12-17)18(21)16-9-7-15(8-10-16)13-24-14(2)3/h7-10,14,17H,4-6,11-13H2,1-3H3/t17-/m0/s1. The number of hydrogen-bond acceptors (Lipinski definition) is 4. The maximum absolute atomic E-state index is 12.6. The number of carbonyl (C=O) groups is 2. The highest BCUT2D eigenvalue weighted by Gasteiger charge is 2.29. The molecule has 0 radical (unpaired) electrons. The predicted octanol–water partition coefficient (Wildman–Crippen LogP) is 3.03. The topological polar surface area (TPSA) is 55.8 Å². The van der Waals surface area contributed by atoms with Crippen molar-refractivity contribution in [1.82, 2.24) is 4.90 Å². The van der Waals surface area contributed by atoms with Crippen LogP contribution < -0.4 is 0 Å². The van der Waals surface area contributed by atoms with Crippen molar-refractivity contribution in [3.05, 3.63) is 35.4 Å². The summed E-state index contributed by atoms with van der Waals surface area (Å²) in [5, 5.41) is 0. The molecule has 5 heteroatoms. The van der Waals surface area contributed by atoms with Gasteiger partial charge in [0, 0.05) is 18.7 Å². The number of esters is 1. The first-order chi connectivity index (χ1) is 11.5. The second-order valence-corrected chi connectivity index (χ2v) is 6.40. The Bertz CT molecular complexity index is 553. The number of piperidine rings is 1. The molecule has 1 amide bonds. The Balaban J connectivity index is 1.96. The fourth-order valence-electron chi connectivity index (χ4n) is 2.80. The molecule has 0 unspecified atom stereocenters. The van der Waals surface area contributed by atoms with Gasteiger partial charge in [0.2, 0.25) is 0 Å². The lowest BCUT2D eigenvalue weighted by atomic mass is 9.97. The third-order valence-corrected chi connectivity index (χ3v) is 4.11. The van der Waals surface area contributed by atoms with Crippen LogP contribution in [0.15, 0.2) is 24.3 Å². The molecule has 5 nitrogen and oxygen atoms in total. The second kappa shape index (κ2) is 8.83.